The number of ether oxygens (including phenoxy) is 1. The maximum atomic E-state index is 15.2. The first-order valence-corrected chi connectivity index (χ1v) is 12.0. The van der Waals surface area contributed by atoms with Crippen molar-refractivity contribution in [3.8, 4) is 11.3 Å². The lowest BCUT2D eigenvalue weighted by atomic mass is 9.92. The summed E-state index contributed by atoms with van der Waals surface area (Å²) in [6.45, 7) is 10.7. The van der Waals surface area contributed by atoms with Crippen LogP contribution in [0.1, 0.15) is 56.6 Å². The summed E-state index contributed by atoms with van der Waals surface area (Å²) < 4.78 is 20.7. The minimum atomic E-state index is -0.518. The third-order valence-electron chi connectivity index (χ3n) is 6.47. The van der Waals surface area contributed by atoms with Gasteiger partial charge < -0.3 is 14.6 Å². The van der Waals surface area contributed by atoms with Crippen LogP contribution < -0.4 is 0 Å². The maximum absolute atomic E-state index is 15.2. The highest BCUT2D eigenvalue weighted by Gasteiger charge is 2.28. The summed E-state index contributed by atoms with van der Waals surface area (Å²) in [4.78, 5) is 21.9. The fraction of sp³-hybridized carbons (Fsp3) is 0.407. The molecule has 1 aliphatic heterocycles. The molecule has 3 aromatic heterocycles. The van der Waals surface area contributed by atoms with Gasteiger partial charge in [0.1, 0.15) is 11.4 Å². The lowest BCUT2D eigenvalue weighted by Crippen LogP contribution is -2.41. The summed E-state index contributed by atoms with van der Waals surface area (Å²) in [6.07, 6.45) is 1.18. The third kappa shape index (κ3) is 4.70. The van der Waals surface area contributed by atoms with E-state index in [1.807, 2.05) is 52.8 Å². The van der Waals surface area contributed by atoms with Gasteiger partial charge in [-0.05, 0) is 77.8 Å². The number of carbonyl (C=O) groups excluding carboxylic acids is 1. The zero-order chi connectivity index (χ0) is 24.9. The van der Waals surface area contributed by atoms with E-state index < -0.39 is 5.60 Å². The van der Waals surface area contributed by atoms with Crippen LogP contribution in [0.4, 0.5) is 9.18 Å². The molecule has 1 aliphatic rings. The van der Waals surface area contributed by atoms with E-state index >= 15 is 4.39 Å². The van der Waals surface area contributed by atoms with E-state index in [2.05, 4.69) is 20.2 Å². The fourth-order valence-corrected chi connectivity index (χ4v) is 4.77. The predicted octanol–water partition coefficient (Wildman–Crippen LogP) is 6.04. The molecule has 0 spiro atoms. The third-order valence-corrected chi connectivity index (χ3v) is 6.47. The number of fused-ring (bicyclic) bond motifs is 2. The first-order chi connectivity index (χ1) is 16.6. The highest BCUT2D eigenvalue weighted by Crippen LogP contribution is 2.32. The number of halogens is 1. The monoisotopic (exact) mass is 475 g/mol. The van der Waals surface area contributed by atoms with Gasteiger partial charge >= 0.3 is 6.09 Å². The van der Waals surface area contributed by atoms with Crippen molar-refractivity contribution in [3.05, 3.63) is 53.2 Å². The summed E-state index contributed by atoms with van der Waals surface area (Å²) in [7, 11) is 0. The molecular weight excluding hydrogens is 445 g/mol. The van der Waals surface area contributed by atoms with Crippen LogP contribution >= 0.6 is 0 Å². The molecule has 0 aliphatic carbocycles. The Kier molecular flexibility index (Phi) is 5.69. The predicted molar refractivity (Wildman–Crippen MR) is 134 cm³/mol. The zero-order valence-corrected chi connectivity index (χ0v) is 20.8. The molecule has 0 saturated carbocycles. The number of aromatic nitrogens is 4. The van der Waals surface area contributed by atoms with Crippen LogP contribution in [0.15, 0.2) is 30.3 Å². The number of aromatic amines is 1. The summed E-state index contributed by atoms with van der Waals surface area (Å²) in [5, 5.41) is 10.3. The smallest absolute Gasteiger partial charge is 0.410 e. The number of H-pyrrole nitrogens is 1. The maximum Gasteiger partial charge on any atom is 0.410 e. The Morgan fingerprint density at radius 1 is 1.09 bits per heavy atom. The van der Waals surface area contributed by atoms with Crippen LogP contribution in [0.25, 0.3) is 33.1 Å². The number of nitrogens with zero attached hydrogens (tertiary/aromatic N) is 4. The Bertz CT molecular complexity index is 1430. The first kappa shape index (κ1) is 23.2. The van der Waals surface area contributed by atoms with Gasteiger partial charge in [0.2, 0.25) is 0 Å². The van der Waals surface area contributed by atoms with Crippen LogP contribution in [-0.4, -0.2) is 49.8 Å². The van der Waals surface area contributed by atoms with Gasteiger partial charge in [0.15, 0.2) is 0 Å². The van der Waals surface area contributed by atoms with Crippen molar-refractivity contribution >= 4 is 27.9 Å². The number of hydrogen-bond acceptors (Lipinski definition) is 5. The van der Waals surface area contributed by atoms with Gasteiger partial charge in [0.25, 0.3) is 0 Å². The largest absolute Gasteiger partial charge is 0.444 e. The van der Waals surface area contributed by atoms with Gasteiger partial charge in [0.05, 0.1) is 22.4 Å². The molecule has 1 fully saturated rings. The summed E-state index contributed by atoms with van der Waals surface area (Å²) in [6, 6.07) is 9.23. The molecule has 0 bridgehead atoms. The van der Waals surface area contributed by atoms with Gasteiger partial charge in [-0.2, -0.15) is 10.2 Å². The highest BCUT2D eigenvalue weighted by molar-refractivity contribution is 5.90. The van der Waals surface area contributed by atoms with E-state index in [1.165, 1.54) is 0 Å². The van der Waals surface area contributed by atoms with Crippen molar-refractivity contribution in [2.75, 3.05) is 13.1 Å². The van der Waals surface area contributed by atoms with E-state index in [9.17, 15) is 4.79 Å². The minimum Gasteiger partial charge on any atom is -0.444 e. The molecule has 5 rings (SSSR count). The van der Waals surface area contributed by atoms with Crippen LogP contribution in [0.2, 0.25) is 0 Å². The molecule has 7 nitrogen and oxygen atoms in total. The Balaban J connectivity index is 1.37. The van der Waals surface area contributed by atoms with Gasteiger partial charge in [-0.15, -0.1) is 0 Å². The second-order valence-corrected chi connectivity index (χ2v) is 10.4. The first-order valence-electron chi connectivity index (χ1n) is 12.0. The molecule has 4 aromatic rings. The number of likely N-dealkylation sites (tertiary alicyclic amines) is 1. The molecule has 0 radical (unpaired) electrons. The van der Waals surface area contributed by atoms with Crippen molar-refractivity contribution in [1.82, 2.24) is 25.1 Å². The van der Waals surface area contributed by atoms with Gasteiger partial charge in [-0.25, -0.2) is 9.18 Å². The van der Waals surface area contributed by atoms with E-state index in [0.29, 0.717) is 24.0 Å². The minimum absolute atomic E-state index is 0.122. The fourth-order valence-electron chi connectivity index (χ4n) is 4.77. The van der Waals surface area contributed by atoms with Crippen molar-refractivity contribution in [3.63, 3.8) is 0 Å². The second-order valence-electron chi connectivity index (χ2n) is 10.4. The van der Waals surface area contributed by atoms with Crippen molar-refractivity contribution in [2.24, 2.45) is 0 Å². The molecule has 35 heavy (non-hydrogen) atoms. The van der Waals surface area contributed by atoms with Crippen LogP contribution in [-0.2, 0) is 4.74 Å². The molecule has 1 N–H and O–H groups in total. The van der Waals surface area contributed by atoms with Crippen molar-refractivity contribution in [2.45, 2.75) is 59.0 Å². The van der Waals surface area contributed by atoms with Gasteiger partial charge in [0, 0.05) is 46.7 Å². The second kappa shape index (κ2) is 8.59. The molecule has 1 aromatic carbocycles. The average molecular weight is 476 g/mol. The quantitative estimate of drug-likeness (QED) is 0.382. The average Bonchev–Trinajstić information content (AvgIpc) is 3.22. The lowest BCUT2D eigenvalue weighted by Gasteiger charge is -2.33. The molecular formula is C27H30FN5O2. The number of rotatable bonds is 2. The van der Waals surface area contributed by atoms with Gasteiger partial charge in [-0.3, -0.25) is 4.98 Å². The van der Waals surface area contributed by atoms with Crippen LogP contribution in [0.5, 0.6) is 0 Å². The standard InChI is InChI=1S/C27H30FN5O2/c1-15-10-19-13-22(30-25(19)16(2)29-15)18-11-21(28)20-14-23(31-32-24(20)12-18)17-6-8-33(9-7-17)26(34)35-27(3,4)5/h10-14,17,30H,6-9H2,1-5H3. The number of nitrogens with one attached hydrogen (secondary N) is 1. The van der Waals surface area contributed by atoms with E-state index in [0.717, 1.165) is 52.1 Å². The Labute approximate surface area is 203 Å². The van der Waals surface area contributed by atoms with Crippen molar-refractivity contribution in [1.29, 1.82) is 0 Å². The topological polar surface area (TPSA) is 84.0 Å². The molecule has 8 heteroatoms. The van der Waals surface area contributed by atoms with E-state index in [1.54, 1.807) is 17.0 Å². The van der Waals surface area contributed by atoms with E-state index in [4.69, 9.17) is 4.74 Å². The van der Waals surface area contributed by atoms with Crippen LogP contribution in [0, 0.1) is 19.7 Å². The summed E-state index contributed by atoms with van der Waals surface area (Å²) in [5.74, 6) is -0.207. The van der Waals surface area contributed by atoms with E-state index in [-0.39, 0.29) is 17.8 Å². The number of pyridine rings is 1. The lowest BCUT2D eigenvalue weighted by molar-refractivity contribution is 0.0204. The number of piperidine rings is 1. The van der Waals surface area contributed by atoms with Crippen molar-refractivity contribution < 1.29 is 13.9 Å². The number of benzene rings is 1. The molecule has 1 saturated heterocycles. The summed E-state index contributed by atoms with van der Waals surface area (Å²) >= 11 is 0. The summed E-state index contributed by atoms with van der Waals surface area (Å²) in [5.41, 5.74) is 5.10. The molecule has 0 unspecified atom stereocenters. The number of carbonyl (C=O) groups is 1. The van der Waals surface area contributed by atoms with Crippen LogP contribution in [0.3, 0.4) is 0 Å². The Hall–Kier alpha value is -3.55. The zero-order valence-electron chi connectivity index (χ0n) is 20.8. The molecule has 0 atom stereocenters. The van der Waals surface area contributed by atoms with Gasteiger partial charge in [-0.1, -0.05) is 0 Å². The Morgan fingerprint density at radius 3 is 2.54 bits per heavy atom. The SMILES string of the molecule is Cc1cc2cc(-c3cc(F)c4cc(C5CCN(C(=O)OC(C)(C)C)CC5)nnc4c3)[nH]c2c(C)n1. The number of amides is 1. The molecule has 4 heterocycles. The Morgan fingerprint density at radius 2 is 1.83 bits per heavy atom. The normalized spacial score (nSPS) is 15.2. The number of aryl methyl sites for hydroxylation is 2. The molecule has 1 amide bonds. The highest BCUT2D eigenvalue weighted by atomic mass is 19.1. The number of hydrogen-bond donors (Lipinski definition) is 1. The molecule has 182 valence electrons.